The smallest absolute Gasteiger partial charge is 0.407 e. The van der Waals surface area contributed by atoms with E-state index in [0.717, 1.165) is 54.0 Å². The van der Waals surface area contributed by atoms with Crippen molar-refractivity contribution in [3.63, 3.8) is 0 Å². The number of rotatable bonds is 12. The molecule has 14 nitrogen and oxygen atoms in total. The van der Waals surface area contributed by atoms with Crippen molar-refractivity contribution in [2.45, 2.75) is 83.7 Å². The lowest BCUT2D eigenvalue weighted by Crippen LogP contribution is -2.57. The predicted octanol–water partition coefficient (Wildman–Crippen LogP) is 4.37. The summed E-state index contributed by atoms with van der Waals surface area (Å²) in [5.74, 6) is 0.306. The van der Waals surface area contributed by atoms with Gasteiger partial charge in [-0.1, -0.05) is 64.1 Å². The Kier molecular flexibility index (Phi) is 12.6. The number of alkyl carbamates (subject to hydrolysis) is 2. The van der Waals surface area contributed by atoms with Crippen LogP contribution in [0.4, 0.5) is 9.59 Å². The molecule has 5 N–H and O–H groups in total. The van der Waals surface area contributed by atoms with Crippen molar-refractivity contribution >= 4 is 42.2 Å². The highest BCUT2D eigenvalue weighted by Crippen LogP contribution is 2.32. The van der Waals surface area contributed by atoms with Crippen LogP contribution in [0, 0.1) is 11.8 Å². The van der Waals surface area contributed by atoms with Gasteiger partial charge in [0.25, 0.3) is 0 Å². The second kappa shape index (κ2) is 17.3. The lowest BCUT2D eigenvalue weighted by atomic mass is 10.0. The van der Waals surface area contributed by atoms with E-state index >= 15 is 0 Å². The van der Waals surface area contributed by atoms with Gasteiger partial charge in [-0.2, -0.15) is 0 Å². The third-order valence-corrected chi connectivity index (χ3v) is 9.80. The lowest BCUT2D eigenvalue weighted by Gasteiger charge is -2.34. The van der Waals surface area contributed by atoms with Crippen molar-refractivity contribution in [3.8, 4) is 0 Å². The van der Waals surface area contributed by atoms with E-state index in [-0.39, 0.29) is 41.9 Å². The van der Waals surface area contributed by atoms with E-state index < -0.39 is 24.3 Å². The highest BCUT2D eigenvalue weighted by Gasteiger charge is 2.40. The summed E-state index contributed by atoms with van der Waals surface area (Å²) in [5, 5.41) is 12.3. The molecular formula is C38H52N8O6. The number of nitrogens with zero attached hydrogens (tertiary/aromatic N) is 3. The average Bonchev–Trinajstić information content (AvgIpc) is 3.97. The molecule has 0 radical (unpaired) electrons. The standard InChI is InChI=1S/C38H52N8O6/c1-23(2)31(43-37(49)51-5)35(47)45-19-7-9-29(45)33-39-21-27(41-33)17-15-25-11-13-26(14-12-25)16-18-28-22-40-34(42-28)30-10-8-20-46(30)36(48)32(24(3)4)44-38(50)52-6/h11-18,21-24,29-33,39,41H,7-10,19-20H2,1-6H3,(H,40,42)(H,43,49)(H,44,50)/b17-15+,18-16+/t29-,30-,31-,32-,33?/m0/s1. The molecule has 2 saturated heterocycles. The van der Waals surface area contributed by atoms with E-state index in [2.05, 4.69) is 31.2 Å². The number of amides is 4. The maximum absolute atomic E-state index is 13.4. The first-order valence-electron chi connectivity index (χ1n) is 18.0. The van der Waals surface area contributed by atoms with Crippen molar-refractivity contribution < 1.29 is 28.7 Å². The van der Waals surface area contributed by atoms with Gasteiger partial charge in [0.1, 0.15) is 24.1 Å². The minimum absolute atomic E-state index is 0.0560. The number of nitrogens with one attached hydrogen (secondary N) is 5. The minimum Gasteiger partial charge on any atom is -0.453 e. The second-order valence-electron chi connectivity index (χ2n) is 14.1. The van der Waals surface area contributed by atoms with Crippen LogP contribution < -0.4 is 21.3 Å². The third-order valence-electron chi connectivity index (χ3n) is 9.80. The molecule has 1 aromatic carbocycles. The fourth-order valence-corrected chi connectivity index (χ4v) is 6.93. The summed E-state index contributed by atoms with van der Waals surface area (Å²) in [6.45, 7) is 8.85. The summed E-state index contributed by atoms with van der Waals surface area (Å²) in [6, 6.07) is 6.59. The van der Waals surface area contributed by atoms with Gasteiger partial charge >= 0.3 is 12.2 Å². The number of carbonyl (C=O) groups is 4. The number of benzene rings is 1. The quantitative estimate of drug-likeness (QED) is 0.214. The van der Waals surface area contributed by atoms with Crippen molar-refractivity contribution in [3.05, 3.63) is 71.1 Å². The fraction of sp³-hybridized carbons (Fsp3) is 0.500. The molecule has 3 aliphatic heterocycles. The SMILES string of the molecule is COC(=O)N[C@H](C(=O)N1CCC[C@H]1c1ncc(/C=C/c2ccc(/C=C/C3=CNC([C@@H]4CCCN4C(=O)[C@@H](NC(=O)OC)C(C)C)N3)cc2)[nH]1)C(C)C. The maximum atomic E-state index is 13.4. The molecule has 2 fully saturated rings. The third kappa shape index (κ3) is 9.14. The average molecular weight is 717 g/mol. The first kappa shape index (κ1) is 38.0. The molecule has 0 bridgehead atoms. The molecule has 1 aromatic heterocycles. The minimum atomic E-state index is -0.679. The first-order valence-corrected chi connectivity index (χ1v) is 18.0. The largest absolute Gasteiger partial charge is 0.453 e. The van der Waals surface area contributed by atoms with Crippen LogP contribution >= 0.6 is 0 Å². The molecule has 280 valence electrons. The highest BCUT2D eigenvalue weighted by molar-refractivity contribution is 5.87. The Balaban J connectivity index is 1.14. The molecule has 0 saturated carbocycles. The summed E-state index contributed by atoms with van der Waals surface area (Å²) in [6.07, 6.45) is 13.7. The summed E-state index contributed by atoms with van der Waals surface area (Å²) < 4.78 is 9.47. The maximum Gasteiger partial charge on any atom is 0.407 e. The zero-order valence-electron chi connectivity index (χ0n) is 30.8. The topological polar surface area (TPSA) is 170 Å². The number of carbonyl (C=O) groups excluding carboxylic acids is 4. The van der Waals surface area contributed by atoms with Crippen LogP contribution in [0.2, 0.25) is 0 Å². The van der Waals surface area contributed by atoms with Crippen LogP contribution in [0.3, 0.4) is 0 Å². The van der Waals surface area contributed by atoms with Crippen molar-refractivity contribution in [2.24, 2.45) is 11.8 Å². The predicted molar refractivity (Wildman–Crippen MR) is 198 cm³/mol. The number of aromatic nitrogens is 2. The van der Waals surface area contributed by atoms with Gasteiger partial charge in [0, 0.05) is 19.3 Å². The summed E-state index contributed by atoms with van der Waals surface area (Å²) in [5.41, 5.74) is 3.80. The second-order valence-corrected chi connectivity index (χ2v) is 14.1. The van der Waals surface area contributed by atoms with Crippen LogP contribution in [-0.4, -0.2) is 95.4 Å². The number of aromatic amines is 1. The summed E-state index contributed by atoms with van der Waals surface area (Å²) in [4.78, 5) is 62.2. The van der Waals surface area contributed by atoms with Gasteiger partial charge in [-0.05, 0) is 60.8 Å². The molecule has 1 unspecified atom stereocenters. The Labute approximate surface area is 305 Å². The van der Waals surface area contributed by atoms with Crippen molar-refractivity contribution in [2.75, 3.05) is 27.3 Å². The van der Waals surface area contributed by atoms with Crippen LogP contribution in [0.1, 0.15) is 82.1 Å². The number of methoxy groups -OCH3 is 2. The van der Waals surface area contributed by atoms with Gasteiger partial charge in [-0.3, -0.25) is 9.59 Å². The van der Waals surface area contributed by atoms with Crippen LogP contribution in [0.5, 0.6) is 0 Å². The van der Waals surface area contributed by atoms with Gasteiger partial charge in [0.15, 0.2) is 0 Å². The fourth-order valence-electron chi connectivity index (χ4n) is 6.93. The summed E-state index contributed by atoms with van der Waals surface area (Å²) in [7, 11) is 2.58. The van der Waals surface area contributed by atoms with Crippen LogP contribution in [-0.2, 0) is 19.1 Å². The zero-order valence-corrected chi connectivity index (χ0v) is 30.8. The molecule has 4 heterocycles. The Morgan fingerprint density at radius 3 is 1.96 bits per heavy atom. The number of hydrogen-bond donors (Lipinski definition) is 5. The molecule has 14 heteroatoms. The van der Waals surface area contributed by atoms with Crippen molar-refractivity contribution in [1.29, 1.82) is 0 Å². The molecule has 5 atom stereocenters. The van der Waals surface area contributed by atoms with E-state index in [1.54, 1.807) is 11.1 Å². The molecule has 52 heavy (non-hydrogen) atoms. The number of hydrogen-bond acceptors (Lipinski definition) is 9. The monoisotopic (exact) mass is 716 g/mol. The molecule has 5 rings (SSSR count). The molecule has 3 aliphatic rings. The Morgan fingerprint density at radius 1 is 0.808 bits per heavy atom. The molecule has 4 amide bonds. The summed E-state index contributed by atoms with van der Waals surface area (Å²) >= 11 is 0. The first-order chi connectivity index (χ1) is 25.0. The molecule has 0 aliphatic carbocycles. The van der Waals surface area contributed by atoms with E-state index in [9.17, 15) is 19.2 Å². The molecular weight excluding hydrogens is 664 g/mol. The van der Waals surface area contributed by atoms with Gasteiger partial charge < -0.3 is 45.5 Å². The van der Waals surface area contributed by atoms with Gasteiger partial charge in [0.2, 0.25) is 11.8 Å². The number of imidazole rings is 1. The Bertz CT molecular complexity index is 1670. The number of likely N-dealkylation sites (tertiary alicyclic amines) is 2. The lowest BCUT2D eigenvalue weighted by molar-refractivity contribution is -0.136. The van der Waals surface area contributed by atoms with Crippen LogP contribution in [0.25, 0.3) is 18.2 Å². The van der Waals surface area contributed by atoms with E-state index in [1.807, 2.05) is 87.4 Å². The van der Waals surface area contributed by atoms with Crippen LogP contribution in [0.15, 0.2) is 48.4 Å². The van der Waals surface area contributed by atoms with Crippen molar-refractivity contribution in [1.82, 2.24) is 41.0 Å². The number of allylic oxidation sites excluding steroid dienone is 1. The zero-order chi connectivity index (χ0) is 37.4. The van der Waals surface area contributed by atoms with E-state index in [4.69, 9.17) is 9.47 Å². The molecule has 2 aromatic rings. The Hall–Kier alpha value is -5.27. The number of ether oxygens (including phenoxy) is 2. The van der Waals surface area contributed by atoms with Gasteiger partial charge in [-0.25, -0.2) is 14.6 Å². The van der Waals surface area contributed by atoms with E-state index in [1.165, 1.54) is 14.2 Å². The van der Waals surface area contributed by atoms with Gasteiger partial charge in [0.05, 0.1) is 43.9 Å². The van der Waals surface area contributed by atoms with Gasteiger partial charge in [-0.15, -0.1) is 0 Å². The van der Waals surface area contributed by atoms with E-state index in [0.29, 0.717) is 13.1 Å². The number of H-pyrrole nitrogens is 1. The normalized spacial score (nSPS) is 21.3. The highest BCUT2D eigenvalue weighted by atomic mass is 16.5. The Morgan fingerprint density at radius 2 is 1.37 bits per heavy atom. The molecule has 0 spiro atoms.